The van der Waals surface area contributed by atoms with E-state index in [2.05, 4.69) is 26.8 Å². The summed E-state index contributed by atoms with van der Waals surface area (Å²) in [6.45, 7) is 6.58. The Kier molecular flexibility index (Phi) is 11.5. The van der Waals surface area contributed by atoms with E-state index >= 15 is 0 Å². The number of aliphatic hydroxyl groups excluding tert-OH is 1. The molecule has 1 aromatic carbocycles. The Hall–Kier alpha value is -1.67. The Morgan fingerprint density at radius 3 is 2.72 bits per heavy atom. The lowest BCUT2D eigenvalue weighted by atomic mass is 9.73. The van der Waals surface area contributed by atoms with Crippen molar-refractivity contribution in [1.82, 2.24) is 0 Å². The number of carboxylic acid groups (broad SMARTS) is 1. The summed E-state index contributed by atoms with van der Waals surface area (Å²) in [6, 6.07) is 5.89. The molecule has 1 fully saturated rings. The van der Waals surface area contributed by atoms with Crippen molar-refractivity contribution in [2.45, 2.75) is 103 Å². The van der Waals surface area contributed by atoms with E-state index in [4.69, 9.17) is 25.4 Å². The highest BCUT2D eigenvalue weighted by atomic mass is 17.2. The summed E-state index contributed by atoms with van der Waals surface area (Å²) in [5.74, 6) is 1.26. The molecule has 6 atom stereocenters. The topological polar surface area (TPSA) is 111 Å². The maximum atomic E-state index is 11.0. The minimum absolute atomic E-state index is 0.0148. The van der Waals surface area contributed by atoms with Crippen molar-refractivity contribution in [2.24, 2.45) is 29.4 Å². The van der Waals surface area contributed by atoms with Gasteiger partial charge in [-0.05, 0) is 85.8 Å². The lowest BCUT2D eigenvalue weighted by molar-refractivity contribution is -0.329. The number of carboxylic acids is 1. The molecular formula is C29H47NO6. The molecule has 6 unspecified atom stereocenters. The minimum Gasteiger partial charge on any atom is -0.482 e. The number of rotatable bonds is 16. The number of carbonyl (C=O) groups is 1. The van der Waals surface area contributed by atoms with E-state index in [9.17, 15) is 9.90 Å². The van der Waals surface area contributed by atoms with Gasteiger partial charge >= 0.3 is 5.97 Å². The second-order valence-electron chi connectivity index (χ2n) is 11.3. The molecule has 7 nitrogen and oxygen atoms in total. The first-order chi connectivity index (χ1) is 17.3. The second-order valence-corrected chi connectivity index (χ2v) is 11.3. The minimum atomic E-state index is -0.973. The molecule has 7 heteroatoms. The average Bonchev–Trinajstić information content (AvgIpc) is 3.12. The zero-order valence-corrected chi connectivity index (χ0v) is 22.4. The van der Waals surface area contributed by atoms with Gasteiger partial charge in [0.15, 0.2) is 6.61 Å². The standard InChI is InChI=1S/C29H47NO6/c1-4-5-6-9-23(36-35-17-22(30)13-19(2)3)11-12-24-25-14-20-8-7-10-28(34-18-29(32)33)26(20)15-21(25)16-27(24)31/h7-8,10,19,21-25,27,31H,4-6,9,11-18,30H2,1-3H3,(H,32,33). The molecule has 0 bridgehead atoms. The maximum Gasteiger partial charge on any atom is 0.341 e. The number of unbranched alkanes of at least 4 members (excludes halogenated alkanes) is 2. The number of benzene rings is 1. The lowest BCUT2D eigenvalue weighted by Crippen LogP contribution is -2.30. The highest BCUT2D eigenvalue weighted by Gasteiger charge is 2.45. The number of nitrogens with two attached hydrogens (primary N) is 1. The van der Waals surface area contributed by atoms with Gasteiger partial charge < -0.3 is 20.7 Å². The van der Waals surface area contributed by atoms with Crippen LogP contribution in [0.15, 0.2) is 18.2 Å². The van der Waals surface area contributed by atoms with E-state index < -0.39 is 5.97 Å². The molecule has 1 aromatic rings. The fraction of sp³-hybridized carbons (Fsp3) is 0.759. The summed E-state index contributed by atoms with van der Waals surface area (Å²) in [5.41, 5.74) is 8.48. The van der Waals surface area contributed by atoms with Gasteiger partial charge in [-0.3, -0.25) is 0 Å². The number of fused-ring (bicyclic) bond motifs is 2. The van der Waals surface area contributed by atoms with Gasteiger partial charge in [0, 0.05) is 6.04 Å². The fourth-order valence-corrected chi connectivity index (χ4v) is 6.22. The summed E-state index contributed by atoms with van der Waals surface area (Å²) < 4.78 is 5.57. The normalized spacial score (nSPS) is 24.8. The van der Waals surface area contributed by atoms with E-state index in [0.717, 1.165) is 63.4 Å². The van der Waals surface area contributed by atoms with Crippen LogP contribution < -0.4 is 10.5 Å². The second kappa shape index (κ2) is 14.3. The van der Waals surface area contributed by atoms with Crippen LogP contribution in [0.4, 0.5) is 0 Å². The zero-order chi connectivity index (χ0) is 26.1. The number of hydrogen-bond donors (Lipinski definition) is 3. The Morgan fingerprint density at radius 2 is 2.00 bits per heavy atom. The van der Waals surface area contributed by atoms with Crippen molar-refractivity contribution in [1.29, 1.82) is 0 Å². The van der Waals surface area contributed by atoms with Crippen molar-refractivity contribution in [2.75, 3.05) is 13.2 Å². The Labute approximate surface area is 216 Å². The summed E-state index contributed by atoms with van der Waals surface area (Å²) in [4.78, 5) is 22.4. The molecule has 0 heterocycles. The van der Waals surface area contributed by atoms with Crippen LogP contribution in [-0.4, -0.2) is 47.6 Å². The smallest absolute Gasteiger partial charge is 0.341 e. The predicted molar refractivity (Wildman–Crippen MR) is 140 cm³/mol. The summed E-state index contributed by atoms with van der Waals surface area (Å²) in [5, 5.41) is 20.0. The molecule has 0 spiro atoms. The van der Waals surface area contributed by atoms with Crippen molar-refractivity contribution >= 4 is 5.97 Å². The molecule has 36 heavy (non-hydrogen) atoms. The molecule has 4 N–H and O–H groups in total. The van der Waals surface area contributed by atoms with Gasteiger partial charge in [-0.2, -0.15) is 0 Å². The number of ether oxygens (including phenoxy) is 1. The molecular weight excluding hydrogens is 458 g/mol. The van der Waals surface area contributed by atoms with Crippen molar-refractivity contribution < 1.29 is 29.5 Å². The molecule has 204 valence electrons. The quantitative estimate of drug-likeness (QED) is 0.166. The van der Waals surface area contributed by atoms with E-state index in [1.54, 1.807) is 0 Å². The van der Waals surface area contributed by atoms with Gasteiger partial charge in [-0.1, -0.05) is 52.2 Å². The maximum absolute atomic E-state index is 11.0. The molecule has 0 saturated heterocycles. The lowest BCUT2D eigenvalue weighted by Gasteiger charge is -2.32. The van der Waals surface area contributed by atoms with Crippen molar-refractivity contribution in [3.8, 4) is 5.75 Å². The monoisotopic (exact) mass is 505 g/mol. The first-order valence-corrected chi connectivity index (χ1v) is 14.0. The third-order valence-electron chi connectivity index (χ3n) is 7.91. The summed E-state index contributed by atoms with van der Waals surface area (Å²) >= 11 is 0. The molecule has 0 amide bonds. The van der Waals surface area contributed by atoms with Gasteiger partial charge in [0.1, 0.15) is 5.75 Å². The largest absolute Gasteiger partial charge is 0.482 e. The first-order valence-electron chi connectivity index (χ1n) is 14.0. The molecule has 2 aliphatic carbocycles. The Morgan fingerprint density at radius 1 is 1.19 bits per heavy atom. The number of aliphatic carboxylic acids is 1. The SMILES string of the molecule is CCCCCC(CCC1C(O)CC2Cc3c(cccc3OCC(=O)O)CC21)OOCC(N)CC(C)C. The number of hydrogen-bond acceptors (Lipinski definition) is 6. The fourth-order valence-electron chi connectivity index (χ4n) is 6.22. The molecule has 3 rings (SSSR count). The Bertz CT molecular complexity index is 815. The van der Waals surface area contributed by atoms with E-state index in [1.165, 1.54) is 12.0 Å². The average molecular weight is 506 g/mol. The highest BCUT2D eigenvalue weighted by Crippen LogP contribution is 2.48. The number of aliphatic hydroxyl groups is 1. The Balaban J connectivity index is 1.58. The zero-order valence-electron chi connectivity index (χ0n) is 22.4. The van der Waals surface area contributed by atoms with E-state index in [-0.39, 0.29) is 30.8 Å². The van der Waals surface area contributed by atoms with Gasteiger partial charge in [-0.25, -0.2) is 14.6 Å². The van der Waals surface area contributed by atoms with Crippen LogP contribution in [0.2, 0.25) is 0 Å². The van der Waals surface area contributed by atoms with Crippen LogP contribution in [0.1, 0.15) is 83.3 Å². The highest BCUT2D eigenvalue weighted by molar-refractivity contribution is 5.68. The van der Waals surface area contributed by atoms with Gasteiger partial charge in [0.05, 0.1) is 18.8 Å². The summed E-state index contributed by atoms with van der Waals surface area (Å²) in [7, 11) is 0. The van der Waals surface area contributed by atoms with Crippen LogP contribution in [0.25, 0.3) is 0 Å². The molecule has 0 aliphatic heterocycles. The van der Waals surface area contributed by atoms with Gasteiger partial charge in [-0.15, -0.1) is 0 Å². The van der Waals surface area contributed by atoms with E-state index in [1.807, 2.05) is 12.1 Å². The van der Waals surface area contributed by atoms with Crippen LogP contribution >= 0.6 is 0 Å². The van der Waals surface area contributed by atoms with Gasteiger partial charge in [0.25, 0.3) is 0 Å². The third-order valence-corrected chi connectivity index (χ3v) is 7.91. The summed E-state index contributed by atoms with van der Waals surface area (Å²) in [6.07, 6.45) is 9.28. The molecule has 1 saturated carbocycles. The third kappa shape index (κ3) is 8.44. The predicted octanol–water partition coefficient (Wildman–Crippen LogP) is 4.91. The molecule has 0 radical (unpaired) electrons. The van der Waals surface area contributed by atoms with E-state index in [0.29, 0.717) is 30.1 Å². The van der Waals surface area contributed by atoms with Crippen molar-refractivity contribution in [3.63, 3.8) is 0 Å². The molecule has 0 aromatic heterocycles. The van der Waals surface area contributed by atoms with Gasteiger partial charge in [0.2, 0.25) is 0 Å². The first kappa shape index (κ1) is 28.9. The van der Waals surface area contributed by atoms with Crippen LogP contribution in [0.3, 0.4) is 0 Å². The van der Waals surface area contributed by atoms with Crippen LogP contribution in [0, 0.1) is 23.7 Å². The van der Waals surface area contributed by atoms with Crippen molar-refractivity contribution in [3.05, 3.63) is 29.3 Å². The van der Waals surface area contributed by atoms with Crippen LogP contribution in [-0.2, 0) is 27.4 Å². The molecule has 2 aliphatic rings. The van der Waals surface area contributed by atoms with Crippen LogP contribution in [0.5, 0.6) is 5.75 Å².